The van der Waals surface area contributed by atoms with Gasteiger partial charge in [0.2, 0.25) is 0 Å². The lowest BCUT2D eigenvalue weighted by molar-refractivity contribution is 0.125. The van der Waals surface area contributed by atoms with Crippen LogP contribution >= 0.6 is 24.0 Å². The van der Waals surface area contributed by atoms with Gasteiger partial charge in [-0.25, -0.2) is 0 Å². The van der Waals surface area contributed by atoms with Gasteiger partial charge < -0.3 is 20.1 Å². The predicted octanol–water partition coefficient (Wildman–Crippen LogP) is 3.68. The van der Waals surface area contributed by atoms with Gasteiger partial charge in [0.25, 0.3) is 0 Å². The zero-order valence-electron chi connectivity index (χ0n) is 18.4. The topological polar surface area (TPSA) is 58.1 Å². The Kier molecular flexibility index (Phi) is 13.3. The van der Waals surface area contributed by atoms with E-state index >= 15 is 0 Å². The molecule has 1 aromatic rings. The fraction of sp³-hybridized carbons (Fsp3) is 0.682. The van der Waals surface area contributed by atoms with Crippen LogP contribution in [0, 0.1) is 5.92 Å². The monoisotopic (exact) mass is 518 g/mol. The van der Waals surface area contributed by atoms with Crippen molar-refractivity contribution in [1.29, 1.82) is 0 Å². The van der Waals surface area contributed by atoms with Crippen molar-refractivity contribution in [3.8, 4) is 5.75 Å². The molecule has 1 heterocycles. The third-order valence-electron chi connectivity index (χ3n) is 5.25. The number of piperidine rings is 1. The Labute approximate surface area is 193 Å². The molecule has 2 unspecified atom stereocenters. The van der Waals surface area contributed by atoms with Crippen molar-refractivity contribution < 1.29 is 9.47 Å². The van der Waals surface area contributed by atoms with E-state index in [0.29, 0.717) is 12.0 Å². The summed E-state index contributed by atoms with van der Waals surface area (Å²) in [7, 11) is 3.94. The van der Waals surface area contributed by atoms with Crippen LogP contribution in [0.1, 0.15) is 44.7 Å². The quantitative estimate of drug-likeness (QED) is 0.214. The molecule has 0 aliphatic carbocycles. The summed E-state index contributed by atoms with van der Waals surface area (Å²) in [5.74, 6) is 2.31. The molecular formula is C22H39IN4O2. The second kappa shape index (κ2) is 14.8. The standard InChI is InChI=1S/C22H38N4O2.HI/c1-5-23-22(24-14-8-16-28-6-2)25-17-19-9-7-15-26(3)21(19)18-10-12-20(27-4)13-11-18;/h10-13,19,21H,5-9,14-17H2,1-4H3,(H2,23,24,25);1H. The van der Waals surface area contributed by atoms with E-state index in [4.69, 9.17) is 14.5 Å². The minimum Gasteiger partial charge on any atom is -0.497 e. The van der Waals surface area contributed by atoms with Crippen LogP contribution < -0.4 is 15.4 Å². The van der Waals surface area contributed by atoms with Crippen molar-refractivity contribution in [1.82, 2.24) is 15.5 Å². The van der Waals surface area contributed by atoms with Gasteiger partial charge in [-0.3, -0.25) is 9.89 Å². The molecule has 2 N–H and O–H groups in total. The molecule has 1 aromatic carbocycles. The minimum absolute atomic E-state index is 0. The van der Waals surface area contributed by atoms with Gasteiger partial charge >= 0.3 is 0 Å². The zero-order chi connectivity index (χ0) is 20.2. The summed E-state index contributed by atoms with van der Waals surface area (Å²) in [4.78, 5) is 7.37. The number of methoxy groups -OCH3 is 1. The minimum atomic E-state index is 0. The molecule has 2 atom stereocenters. The molecule has 6 nitrogen and oxygen atoms in total. The average molecular weight is 518 g/mol. The van der Waals surface area contributed by atoms with Crippen molar-refractivity contribution in [2.45, 2.75) is 39.2 Å². The molecular weight excluding hydrogens is 479 g/mol. The van der Waals surface area contributed by atoms with Gasteiger partial charge in [0, 0.05) is 38.9 Å². The van der Waals surface area contributed by atoms with Gasteiger partial charge in [-0.15, -0.1) is 24.0 Å². The van der Waals surface area contributed by atoms with Crippen LogP contribution in [-0.2, 0) is 4.74 Å². The van der Waals surface area contributed by atoms with E-state index in [9.17, 15) is 0 Å². The molecule has 1 saturated heterocycles. The van der Waals surface area contributed by atoms with Crippen LogP contribution in [0.25, 0.3) is 0 Å². The number of rotatable bonds is 10. The van der Waals surface area contributed by atoms with E-state index in [1.807, 2.05) is 6.92 Å². The van der Waals surface area contributed by atoms with Crippen LogP contribution in [0.3, 0.4) is 0 Å². The second-order valence-electron chi connectivity index (χ2n) is 7.30. The Morgan fingerprint density at radius 2 is 1.97 bits per heavy atom. The molecule has 1 aliphatic heterocycles. The second-order valence-corrected chi connectivity index (χ2v) is 7.30. The number of guanidine groups is 1. The molecule has 0 aromatic heterocycles. The number of nitrogens with one attached hydrogen (secondary N) is 2. The summed E-state index contributed by atoms with van der Waals surface area (Å²) in [5.41, 5.74) is 1.35. The number of aliphatic imine (C=N–C) groups is 1. The van der Waals surface area contributed by atoms with Crippen molar-refractivity contribution in [3.63, 3.8) is 0 Å². The molecule has 0 radical (unpaired) electrons. The van der Waals surface area contributed by atoms with Crippen molar-refractivity contribution in [3.05, 3.63) is 29.8 Å². The summed E-state index contributed by atoms with van der Waals surface area (Å²) in [5, 5.41) is 6.79. The first-order valence-electron chi connectivity index (χ1n) is 10.6. The summed E-state index contributed by atoms with van der Waals surface area (Å²) < 4.78 is 10.7. The number of halogens is 1. The number of hydrogen-bond donors (Lipinski definition) is 2. The molecule has 0 spiro atoms. The molecule has 0 saturated carbocycles. The number of nitrogens with zero attached hydrogens (tertiary/aromatic N) is 2. The smallest absolute Gasteiger partial charge is 0.191 e. The lowest BCUT2D eigenvalue weighted by Crippen LogP contribution is -2.40. The first-order valence-corrected chi connectivity index (χ1v) is 10.6. The fourth-order valence-electron chi connectivity index (χ4n) is 3.85. The van der Waals surface area contributed by atoms with E-state index in [2.05, 4.69) is 53.8 Å². The van der Waals surface area contributed by atoms with Crippen molar-refractivity contribution >= 4 is 29.9 Å². The molecule has 0 amide bonds. The number of ether oxygens (including phenoxy) is 2. The number of benzene rings is 1. The molecule has 2 rings (SSSR count). The third kappa shape index (κ3) is 8.68. The van der Waals surface area contributed by atoms with Crippen molar-refractivity contribution in [2.75, 3.05) is 53.6 Å². The highest BCUT2D eigenvalue weighted by molar-refractivity contribution is 14.0. The van der Waals surface area contributed by atoms with Gasteiger partial charge in [-0.1, -0.05) is 12.1 Å². The van der Waals surface area contributed by atoms with E-state index < -0.39 is 0 Å². The van der Waals surface area contributed by atoms with Gasteiger partial charge in [-0.05, 0) is 70.3 Å². The highest BCUT2D eigenvalue weighted by Crippen LogP contribution is 2.35. The molecule has 7 heteroatoms. The molecule has 0 bridgehead atoms. The van der Waals surface area contributed by atoms with Crippen LogP contribution in [0.5, 0.6) is 5.75 Å². The fourth-order valence-corrected chi connectivity index (χ4v) is 3.85. The highest BCUT2D eigenvalue weighted by atomic mass is 127. The van der Waals surface area contributed by atoms with Crippen LogP contribution in [-0.4, -0.2) is 64.4 Å². The summed E-state index contributed by atoms with van der Waals surface area (Å²) in [6.07, 6.45) is 3.41. The van der Waals surface area contributed by atoms with Gasteiger partial charge in [0.15, 0.2) is 5.96 Å². The third-order valence-corrected chi connectivity index (χ3v) is 5.25. The first-order chi connectivity index (χ1) is 13.7. The number of likely N-dealkylation sites (tertiary alicyclic amines) is 1. The lowest BCUT2D eigenvalue weighted by Gasteiger charge is -2.39. The van der Waals surface area contributed by atoms with Gasteiger partial charge in [0.05, 0.1) is 7.11 Å². The van der Waals surface area contributed by atoms with Crippen molar-refractivity contribution in [2.24, 2.45) is 10.9 Å². The Bertz CT molecular complexity index is 583. The summed E-state index contributed by atoms with van der Waals surface area (Å²) in [6, 6.07) is 8.90. The van der Waals surface area contributed by atoms with E-state index in [-0.39, 0.29) is 24.0 Å². The van der Waals surface area contributed by atoms with Crippen LogP contribution in [0.2, 0.25) is 0 Å². The Balaban J connectivity index is 0.00000420. The van der Waals surface area contributed by atoms with E-state index in [0.717, 1.165) is 57.5 Å². The van der Waals surface area contributed by atoms with Gasteiger partial charge in [0.1, 0.15) is 5.75 Å². The highest BCUT2D eigenvalue weighted by Gasteiger charge is 2.30. The maximum absolute atomic E-state index is 5.41. The molecule has 166 valence electrons. The van der Waals surface area contributed by atoms with Crippen LogP contribution in [0.4, 0.5) is 0 Å². The summed E-state index contributed by atoms with van der Waals surface area (Å²) in [6.45, 7) is 9.38. The maximum Gasteiger partial charge on any atom is 0.191 e. The average Bonchev–Trinajstić information content (AvgIpc) is 2.72. The largest absolute Gasteiger partial charge is 0.497 e. The molecule has 1 fully saturated rings. The van der Waals surface area contributed by atoms with E-state index in [1.165, 1.54) is 18.4 Å². The Morgan fingerprint density at radius 3 is 2.62 bits per heavy atom. The molecule has 1 aliphatic rings. The zero-order valence-corrected chi connectivity index (χ0v) is 20.8. The number of hydrogen-bond acceptors (Lipinski definition) is 4. The lowest BCUT2D eigenvalue weighted by atomic mass is 9.85. The normalized spacial score (nSPS) is 20.1. The Morgan fingerprint density at radius 1 is 1.21 bits per heavy atom. The first kappa shape index (κ1) is 26.0. The molecule has 29 heavy (non-hydrogen) atoms. The predicted molar refractivity (Wildman–Crippen MR) is 132 cm³/mol. The SMILES string of the molecule is CCNC(=NCC1CCCN(C)C1c1ccc(OC)cc1)NCCCOCC.I. The summed E-state index contributed by atoms with van der Waals surface area (Å²) >= 11 is 0. The van der Waals surface area contributed by atoms with E-state index in [1.54, 1.807) is 7.11 Å². The Hall–Kier alpha value is -1.06. The maximum atomic E-state index is 5.41. The van der Waals surface area contributed by atoms with Crippen LogP contribution in [0.15, 0.2) is 29.3 Å². The van der Waals surface area contributed by atoms with Gasteiger partial charge in [-0.2, -0.15) is 0 Å².